The molecule has 5 nitrogen and oxygen atoms in total. The van der Waals surface area contributed by atoms with Crippen LogP contribution in [0.1, 0.15) is 30.0 Å². The second-order valence-electron chi connectivity index (χ2n) is 6.56. The fraction of sp³-hybridized carbons (Fsp3) is 0.588. The number of amides is 2. The maximum absolute atomic E-state index is 12.6. The lowest BCUT2D eigenvalue weighted by Crippen LogP contribution is -2.51. The number of fused-ring (bicyclic) bond motifs is 1. The molecule has 2 aliphatic heterocycles. The van der Waals surface area contributed by atoms with Crippen molar-refractivity contribution in [2.24, 2.45) is 0 Å². The first-order chi connectivity index (χ1) is 10.5. The van der Waals surface area contributed by atoms with E-state index in [0.717, 1.165) is 37.2 Å². The fourth-order valence-electron chi connectivity index (χ4n) is 3.25. The Hall–Kier alpha value is -1.75. The summed E-state index contributed by atoms with van der Waals surface area (Å²) in [5, 5.41) is 3.13. The van der Waals surface area contributed by atoms with E-state index in [4.69, 9.17) is 4.74 Å². The Morgan fingerprint density at radius 3 is 3.00 bits per heavy atom. The molecular weight excluding hydrogens is 278 g/mol. The summed E-state index contributed by atoms with van der Waals surface area (Å²) >= 11 is 0. The summed E-state index contributed by atoms with van der Waals surface area (Å²) in [4.78, 5) is 16.7. The number of likely N-dealkylation sites (tertiary alicyclic amines) is 1. The molecule has 2 heterocycles. The number of hydrogen-bond acceptors (Lipinski definition) is 3. The SMILES string of the molecule is Cc1ccc2c(c1)[C@H](NC(=O)N1CCC[C@H](N(C)C)C1)CO2. The van der Waals surface area contributed by atoms with Gasteiger partial charge in [-0.05, 0) is 39.9 Å². The number of piperidine rings is 1. The van der Waals surface area contributed by atoms with Crippen LogP contribution in [-0.2, 0) is 0 Å². The van der Waals surface area contributed by atoms with Crippen LogP contribution in [0.25, 0.3) is 0 Å². The monoisotopic (exact) mass is 303 g/mol. The molecule has 22 heavy (non-hydrogen) atoms. The second-order valence-corrected chi connectivity index (χ2v) is 6.56. The molecule has 3 rings (SSSR count). The third kappa shape index (κ3) is 3.04. The predicted molar refractivity (Wildman–Crippen MR) is 86.2 cm³/mol. The number of ether oxygens (including phenoxy) is 1. The molecule has 2 atom stereocenters. The molecule has 0 radical (unpaired) electrons. The third-order valence-corrected chi connectivity index (χ3v) is 4.66. The highest BCUT2D eigenvalue weighted by Crippen LogP contribution is 2.33. The van der Waals surface area contributed by atoms with Crippen molar-refractivity contribution in [1.29, 1.82) is 0 Å². The zero-order valence-corrected chi connectivity index (χ0v) is 13.6. The molecule has 120 valence electrons. The molecular formula is C17H25N3O2. The van der Waals surface area contributed by atoms with Crippen LogP contribution in [0.15, 0.2) is 18.2 Å². The topological polar surface area (TPSA) is 44.8 Å². The Kier molecular flexibility index (Phi) is 4.25. The van der Waals surface area contributed by atoms with Crippen molar-refractivity contribution < 1.29 is 9.53 Å². The maximum Gasteiger partial charge on any atom is 0.318 e. The van der Waals surface area contributed by atoms with Gasteiger partial charge in [0.2, 0.25) is 0 Å². The van der Waals surface area contributed by atoms with E-state index in [2.05, 4.69) is 37.3 Å². The van der Waals surface area contributed by atoms with Gasteiger partial charge in [0.1, 0.15) is 12.4 Å². The second kappa shape index (κ2) is 6.16. The van der Waals surface area contributed by atoms with Crippen molar-refractivity contribution in [2.75, 3.05) is 33.8 Å². The summed E-state index contributed by atoms with van der Waals surface area (Å²) in [6.07, 6.45) is 2.22. The largest absolute Gasteiger partial charge is 0.491 e. The number of nitrogens with one attached hydrogen (secondary N) is 1. The van der Waals surface area contributed by atoms with E-state index < -0.39 is 0 Å². The normalized spacial score (nSPS) is 24.1. The van der Waals surface area contributed by atoms with Crippen molar-refractivity contribution in [1.82, 2.24) is 15.1 Å². The van der Waals surface area contributed by atoms with Crippen molar-refractivity contribution in [3.63, 3.8) is 0 Å². The van der Waals surface area contributed by atoms with Gasteiger partial charge in [-0.3, -0.25) is 0 Å². The molecule has 5 heteroatoms. The fourth-order valence-corrected chi connectivity index (χ4v) is 3.25. The number of carbonyl (C=O) groups excluding carboxylic acids is 1. The Labute approximate surface area is 132 Å². The van der Waals surface area contributed by atoms with Crippen LogP contribution in [-0.4, -0.2) is 55.7 Å². The van der Waals surface area contributed by atoms with Gasteiger partial charge in [0.25, 0.3) is 0 Å². The molecule has 0 aliphatic carbocycles. The lowest BCUT2D eigenvalue weighted by atomic mass is 10.0. The number of benzene rings is 1. The first-order valence-electron chi connectivity index (χ1n) is 8.00. The van der Waals surface area contributed by atoms with E-state index in [9.17, 15) is 4.79 Å². The quantitative estimate of drug-likeness (QED) is 0.910. The first-order valence-corrected chi connectivity index (χ1v) is 8.00. The first kappa shape index (κ1) is 15.2. The summed E-state index contributed by atoms with van der Waals surface area (Å²) in [6.45, 7) is 4.22. The van der Waals surface area contributed by atoms with Crippen molar-refractivity contribution in [2.45, 2.75) is 31.8 Å². The molecule has 2 aliphatic rings. The highest BCUT2D eigenvalue weighted by Gasteiger charge is 2.30. The zero-order chi connectivity index (χ0) is 15.7. The van der Waals surface area contributed by atoms with Crippen LogP contribution in [0.2, 0.25) is 0 Å². The molecule has 0 spiro atoms. The molecule has 0 saturated carbocycles. The summed E-state index contributed by atoms with van der Waals surface area (Å²) in [6, 6.07) is 6.56. The molecule has 0 bridgehead atoms. The minimum Gasteiger partial charge on any atom is -0.491 e. The van der Waals surface area contributed by atoms with E-state index in [-0.39, 0.29) is 12.1 Å². The standard InChI is InChI=1S/C17H25N3O2/c1-12-6-7-16-14(9-12)15(11-22-16)18-17(21)20-8-4-5-13(10-20)19(2)3/h6-7,9,13,15H,4-5,8,10-11H2,1-3H3,(H,18,21)/t13-,15+/m0/s1. The van der Waals surface area contributed by atoms with E-state index in [1.54, 1.807) is 0 Å². The Morgan fingerprint density at radius 2 is 2.23 bits per heavy atom. The van der Waals surface area contributed by atoms with Crippen LogP contribution in [0.3, 0.4) is 0 Å². The molecule has 2 amide bonds. The van der Waals surface area contributed by atoms with Gasteiger partial charge in [-0.1, -0.05) is 17.7 Å². The van der Waals surface area contributed by atoms with Crippen molar-refractivity contribution in [3.05, 3.63) is 29.3 Å². The van der Waals surface area contributed by atoms with Gasteiger partial charge in [0, 0.05) is 24.7 Å². The molecule has 1 aromatic rings. The number of nitrogens with zero attached hydrogens (tertiary/aromatic N) is 2. The number of hydrogen-bond donors (Lipinski definition) is 1. The number of aryl methyl sites for hydroxylation is 1. The molecule has 0 unspecified atom stereocenters. The number of urea groups is 1. The van der Waals surface area contributed by atoms with Gasteiger partial charge in [-0.2, -0.15) is 0 Å². The highest BCUT2D eigenvalue weighted by atomic mass is 16.5. The van der Waals surface area contributed by atoms with E-state index in [1.807, 2.05) is 17.0 Å². The Bertz CT molecular complexity index is 559. The van der Waals surface area contributed by atoms with Crippen LogP contribution in [0.4, 0.5) is 4.79 Å². The number of likely N-dealkylation sites (N-methyl/N-ethyl adjacent to an activating group) is 1. The lowest BCUT2D eigenvalue weighted by molar-refractivity contribution is 0.136. The van der Waals surface area contributed by atoms with Crippen LogP contribution in [0, 0.1) is 6.92 Å². The number of rotatable bonds is 2. The number of carbonyl (C=O) groups is 1. The minimum absolute atomic E-state index is 0.0227. The highest BCUT2D eigenvalue weighted by molar-refractivity contribution is 5.75. The minimum atomic E-state index is -0.0397. The lowest BCUT2D eigenvalue weighted by Gasteiger charge is -2.36. The van der Waals surface area contributed by atoms with Gasteiger partial charge < -0.3 is 19.9 Å². The van der Waals surface area contributed by atoms with Gasteiger partial charge >= 0.3 is 6.03 Å². The molecule has 1 aromatic carbocycles. The van der Waals surface area contributed by atoms with Gasteiger partial charge in [0.15, 0.2) is 0 Å². The van der Waals surface area contributed by atoms with Crippen molar-refractivity contribution in [3.8, 4) is 5.75 Å². The van der Waals surface area contributed by atoms with Gasteiger partial charge in [-0.25, -0.2) is 4.79 Å². The van der Waals surface area contributed by atoms with E-state index >= 15 is 0 Å². The van der Waals surface area contributed by atoms with E-state index in [0.29, 0.717) is 12.6 Å². The Balaban J connectivity index is 1.65. The summed E-state index contributed by atoms with van der Waals surface area (Å²) in [7, 11) is 4.16. The van der Waals surface area contributed by atoms with Crippen LogP contribution < -0.4 is 10.1 Å². The average molecular weight is 303 g/mol. The van der Waals surface area contributed by atoms with Gasteiger partial charge in [0.05, 0.1) is 6.04 Å². The molecule has 1 saturated heterocycles. The maximum atomic E-state index is 12.6. The summed E-state index contributed by atoms with van der Waals surface area (Å²) in [5.41, 5.74) is 2.28. The summed E-state index contributed by atoms with van der Waals surface area (Å²) in [5.74, 6) is 0.890. The average Bonchev–Trinajstić information content (AvgIpc) is 2.89. The predicted octanol–water partition coefficient (Wildman–Crippen LogP) is 2.16. The third-order valence-electron chi connectivity index (χ3n) is 4.66. The van der Waals surface area contributed by atoms with Crippen LogP contribution >= 0.6 is 0 Å². The molecule has 0 aromatic heterocycles. The van der Waals surface area contributed by atoms with Gasteiger partial charge in [-0.15, -0.1) is 0 Å². The smallest absolute Gasteiger partial charge is 0.318 e. The molecule has 1 N–H and O–H groups in total. The molecule has 1 fully saturated rings. The van der Waals surface area contributed by atoms with E-state index in [1.165, 1.54) is 5.56 Å². The zero-order valence-electron chi connectivity index (χ0n) is 13.6. The van der Waals surface area contributed by atoms with Crippen LogP contribution in [0.5, 0.6) is 5.75 Å². The van der Waals surface area contributed by atoms with Crippen molar-refractivity contribution >= 4 is 6.03 Å². The summed E-state index contributed by atoms with van der Waals surface area (Å²) < 4.78 is 5.67. The Morgan fingerprint density at radius 1 is 1.41 bits per heavy atom.